The number of ketones is 1. The number of rotatable bonds is 5. The predicted molar refractivity (Wildman–Crippen MR) is 163 cm³/mol. The molecule has 0 fully saturated rings. The number of H-pyrrole nitrogens is 2. The monoisotopic (exact) mass is 568 g/mol. The molecule has 0 saturated heterocycles. The quantitative estimate of drug-likeness (QED) is 0.289. The van der Waals surface area contributed by atoms with Gasteiger partial charge in [-0.3, -0.25) is 19.6 Å². The zero-order valence-electron chi connectivity index (χ0n) is 25.5. The van der Waals surface area contributed by atoms with Gasteiger partial charge in [-0.15, -0.1) is 0 Å². The van der Waals surface area contributed by atoms with Gasteiger partial charge in [-0.1, -0.05) is 20.8 Å². The topological polar surface area (TPSA) is 121 Å². The molecule has 8 bridgehead atoms. The molecular weight excluding hydrogens is 528 g/mol. The van der Waals surface area contributed by atoms with E-state index in [9.17, 15) is 14.7 Å². The first kappa shape index (κ1) is 28.3. The van der Waals surface area contributed by atoms with Crippen molar-refractivity contribution < 1.29 is 19.4 Å². The number of hydrogen-bond acceptors (Lipinski definition) is 6. The first-order valence-electron chi connectivity index (χ1n) is 15.1. The van der Waals surface area contributed by atoms with Gasteiger partial charge in [0, 0.05) is 86.8 Å². The molecule has 0 saturated carbocycles. The molecule has 5 atom stereocenters. The highest BCUT2D eigenvalue weighted by Crippen LogP contribution is 2.45. The van der Waals surface area contributed by atoms with Crippen molar-refractivity contribution in [2.45, 2.75) is 97.0 Å². The number of methoxy groups -OCH3 is 1. The minimum absolute atomic E-state index is 0.0143. The third-order valence-corrected chi connectivity index (χ3v) is 9.88. The Bertz CT molecular complexity index is 1780. The molecular formula is C34H40N4O4. The molecule has 0 spiro atoms. The van der Waals surface area contributed by atoms with Crippen LogP contribution in [-0.4, -0.2) is 43.9 Å². The molecule has 3 N–H and O–H groups in total. The summed E-state index contributed by atoms with van der Waals surface area (Å²) in [5.74, 6) is 0.241. The van der Waals surface area contributed by atoms with E-state index in [1.807, 2.05) is 13.8 Å². The Hall–Kier alpha value is -3.78. The molecule has 8 heteroatoms. The van der Waals surface area contributed by atoms with Crippen LogP contribution < -0.4 is 0 Å². The van der Waals surface area contributed by atoms with Crippen molar-refractivity contribution in [1.29, 1.82) is 0 Å². The summed E-state index contributed by atoms with van der Waals surface area (Å²) in [6.07, 6.45) is 1.40. The van der Waals surface area contributed by atoms with Crippen LogP contribution in [0.4, 0.5) is 0 Å². The average Bonchev–Trinajstić information content (AvgIpc) is 3.70. The number of nitrogens with one attached hydrogen (secondary N) is 2. The van der Waals surface area contributed by atoms with Crippen LogP contribution in [0.2, 0.25) is 0 Å². The number of carbonyl (C=O) groups is 2. The van der Waals surface area contributed by atoms with E-state index in [1.54, 1.807) is 6.92 Å². The standard InChI is InChI=1S/C34H40N4O4/c1-8-20-15(2)23-14-28-31(19(6)39)17(4)25(36-28)12-24-16(3)21(9-10-30(41)42-7)33(37-24)22-11-29(40)32-18(5)26(38-34(22)32)13-27(20)35-23/h12-16,19-21,36,38-39H,8-11H2,1-7H3/t15-,16+,19?,20-,21+/m1/s1. The second kappa shape index (κ2) is 10.5. The highest BCUT2D eigenvalue weighted by atomic mass is 16.5. The molecule has 220 valence electrons. The summed E-state index contributed by atoms with van der Waals surface area (Å²) in [7, 11) is 1.41. The van der Waals surface area contributed by atoms with Crippen LogP contribution in [0, 0.1) is 13.8 Å². The van der Waals surface area contributed by atoms with Crippen molar-refractivity contribution in [2.24, 2.45) is 0 Å². The molecule has 8 nitrogen and oxygen atoms in total. The van der Waals surface area contributed by atoms with Gasteiger partial charge in [-0.2, -0.15) is 0 Å². The first-order chi connectivity index (χ1) is 20.0. The van der Waals surface area contributed by atoms with Crippen LogP contribution in [0.25, 0.3) is 22.1 Å². The SMILES string of the molecule is CC[C@H]1c2cc3[nH]c4c(c5nc(cc6[nH]c(cc(n2)[C@@H]1C)c(C(C)O)c6C)[C@@H](C)[C@@H]5CCC(=O)OC)CC(=O)c4c3C. The Kier molecular flexibility index (Phi) is 7.08. The summed E-state index contributed by atoms with van der Waals surface area (Å²) < 4.78 is 4.96. The molecule has 1 aliphatic carbocycles. The van der Waals surface area contributed by atoms with Crippen LogP contribution in [0.3, 0.4) is 0 Å². The van der Waals surface area contributed by atoms with Gasteiger partial charge in [0.2, 0.25) is 0 Å². The zero-order valence-corrected chi connectivity index (χ0v) is 25.5. The smallest absolute Gasteiger partial charge is 0.305 e. The fourth-order valence-electron chi connectivity index (χ4n) is 7.43. The lowest BCUT2D eigenvalue weighted by Gasteiger charge is -2.16. The fraction of sp³-hybridized carbons (Fsp3) is 0.471. The number of Topliss-reactive ketones (excluding diaryl/α,β-unsaturated/α-hetero) is 1. The third kappa shape index (κ3) is 4.39. The van der Waals surface area contributed by atoms with Crippen molar-refractivity contribution >= 4 is 33.8 Å². The van der Waals surface area contributed by atoms with Gasteiger partial charge < -0.3 is 19.8 Å². The van der Waals surface area contributed by atoms with Crippen molar-refractivity contribution in [3.05, 3.63) is 68.8 Å². The van der Waals surface area contributed by atoms with Gasteiger partial charge in [-0.25, -0.2) is 0 Å². The van der Waals surface area contributed by atoms with E-state index in [0.29, 0.717) is 6.42 Å². The van der Waals surface area contributed by atoms with E-state index in [2.05, 4.69) is 48.9 Å². The normalized spacial score (nSPS) is 22.0. The van der Waals surface area contributed by atoms with Crippen LogP contribution >= 0.6 is 0 Å². The maximum absolute atomic E-state index is 13.5. The number of esters is 1. The number of fused-ring (bicyclic) bond motifs is 8. The molecule has 0 amide bonds. The number of aromatic nitrogens is 4. The lowest BCUT2D eigenvalue weighted by atomic mass is 9.85. The number of aliphatic hydroxyl groups excluding tert-OH is 1. The summed E-state index contributed by atoms with van der Waals surface area (Å²) in [6, 6.07) is 6.26. The molecule has 2 aliphatic heterocycles. The van der Waals surface area contributed by atoms with E-state index in [-0.39, 0.29) is 48.3 Å². The van der Waals surface area contributed by atoms with Crippen molar-refractivity contribution in [1.82, 2.24) is 19.9 Å². The highest BCUT2D eigenvalue weighted by Gasteiger charge is 2.36. The lowest BCUT2D eigenvalue weighted by Crippen LogP contribution is -2.09. The van der Waals surface area contributed by atoms with E-state index in [0.717, 1.165) is 79.1 Å². The number of carbonyl (C=O) groups excluding carboxylic acids is 2. The Morgan fingerprint density at radius 1 is 1.00 bits per heavy atom. The highest BCUT2D eigenvalue weighted by molar-refractivity contribution is 6.13. The second-order valence-electron chi connectivity index (χ2n) is 12.3. The number of hydrogen-bond donors (Lipinski definition) is 3. The Morgan fingerprint density at radius 2 is 1.64 bits per heavy atom. The first-order valence-corrected chi connectivity index (χ1v) is 15.1. The summed E-state index contributed by atoms with van der Waals surface area (Å²) >= 11 is 0. The van der Waals surface area contributed by atoms with E-state index in [1.165, 1.54) is 7.11 Å². The Balaban J connectivity index is 1.73. The van der Waals surface area contributed by atoms with Gasteiger partial charge in [0.25, 0.3) is 0 Å². The zero-order chi connectivity index (χ0) is 30.0. The molecule has 0 aromatic carbocycles. The van der Waals surface area contributed by atoms with E-state index < -0.39 is 6.10 Å². The second-order valence-corrected chi connectivity index (χ2v) is 12.3. The molecule has 5 heterocycles. The fourth-order valence-corrected chi connectivity index (χ4v) is 7.43. The van der Waals surface area contributed by atoms with Gasteiger partial charge in [0.05, 0.1) is 24.4 Å². The van der Waals surface area contributed by atoms with Crippen LogP contribution in [0.1, 0.15) is 132 Å². The van der Waals surface area contributed by atoms with E-state index in [4.69, 9.17) is 14.7 Å². The third-order valence-electron chi connectivity index (χ3n) is 9.88. The molecule has 0 radical (unpaired) electrons. The Morgan fingerprint density at radius 3 is 2.33 bits per heavy atom. The summed E-state index contributed by atoms with van der Waals surface area (Å²) in [5.41, 5.74) is 11.6. The molecule has 1 unspecified atom stereocenters. The summed E-state index contributed by atoms with van der Waals surface area (Å²) in [5, 5.41) is 10.8. The number of ether oxygens (including phenoxy) is 1. The number of aryl methyl sites for hydroxylation is 2. The molecule has 3 aromatic rings. The molecule has 3 aliphatic rings. The molecule has 42 heavy (non-hydrogen) atoms. The van der Waals surface area contributed by atoms with Crippen LogP contribution in [-0.2, 0) is 16.0 Å². The Labute approximate surface area is 246 Å². The van der Waals surface area contributed by atoms with Crippen molar-refractivity contribution in [2.75, 3.05) is 7.11 Å². The minimum atomic E-state index is -0.665. The van der Waals surface area contributed by atoms with Gasteiger partial charge in [0.15, 0.2) is 5.78 Å². The maximum Gasteiger partial charge on any atom is 0.305 e. The number of aliphatic hydroxyl groups is 1. The minimum Gasteiger partial charge on any atom is -0.469 e. The van der Waals surface area contributed by atoms with Crippen molar-refractivity contribution in [3.63, 3.8) is 0 Å². The summed E-state index contributed by atoms with van der Waals surface area (Å²) in [4.78, 5) is 43.1. The molecule has 6 rings (SSSR count). The van der Waals surface area contributed by atoms with Crippen molar-refractivity contribution in [3.8, 4) is 0 Å². The predicted octanol–water partition coefficient (Wildman–Crippen LogP) is 6.86. The lowest BCUT2D eigenvalue weighted by molar-refractivity contribution is -0.140. The van der Waals surface area contributed by atoms with Crippen LogP contribution in [0.5, 0.6) is 0 Å². The van der Waals surface area contributed by atoms with E-state index >= 15 is 0 Å². The molecule has 3 aromatic heterocycles. The maximum atomic E-state index is 13.5. The average molecular weight is 569 g/mol. The van der Waals surface area contributed by atoms with Gasteiger partial charge in [-0.05, 0) is 62.9 Å². The van der Waals surface area contributed by atoms with Gasteiger partial charge >= 0.3 is 5.97 Å². The van der Waals surface area contributed by atoms with Gasteiger partial charge in [0.1, 0.15) is 0 Å². The largest absolute Gasteiger partial charge is 0.469 e. The number of nitrogens with zero attached hydrogens (tertiary/aromatic N) is 2. The summed E-state index contributed by atoms with van der Waals surface area (Å²) in [6.45, 7) is 12.3. The number of aromatic amines is 2. The van der Waals surface area contributed by atoms with Crippen LogP contribution in [0.15, 0.2) is 18.2 Å².